The number of halogens is 1. The van der Waals surface area contributed by atoms with Crippen LogP contribution in [-0.4, -0.2) is 36.8 Å². The Kier molecular flexibility index (Phi) is 12.7. The number of hydrogen-bond donors (Lipinski definition) is 0. The van der Waals surface area contributed by atoms with Gasteiger partial charge >= 0.3 is 0 Å². The summed E-state index contributed by atoms with van der Waals surface area (Å²) in [6.07, 6.45) is 15.0. The monoisotopic (exact) mass is 350 g/mol. The number of ether oxygens (including phenoxy) is 1. The molecule has 0 rings (SSSR count). The fourth-order valence-corrected chi connectivity index (χ4v) is 2.48. The van der Waals surface area contributed by atoms with Crippen LogP contribution in [0.15, 0.2) is 65.6 Å². The van der Waals surface area contributed by atoms with E-state index in [-0.39, 0.29) is 6.04 Å². The molecule has 0 aliphatic heterocycles. The second kappa shape index (κ2) is 13.7. The lowest BCUT2D eigenvalue weighted by Crippen LogP contribution is -2.38. The number of nitrogens with zero attached hydrogens (tertiary/aromatic N) is 2. The lowest BCUT2D eigenvalue weighted by Gasteiger charge is -2.29. The van der Waals surface area contributed by atoms with E-state index in [1.165, 1.54) is 0 Å². The number of amidine groups is 1. The van der Waals surface area contributed by atoms with Crippen LogP contribution < -0.4 is 0 Å². The minimum Gasteiger partial charge on any atom is -0.497 e. The molecule has 0 heterocycles. The van der Waals surface area contributed by atoms with Crippen molar-refractivity contribution in [2.45, 2.75) is 39.7 Å². The van der Waals surface area contributed by atoms with Crippen molar-refractivity contribution in [2.75, 3.05) is 20.0 Å². The average Bonchev–Trinajstić information content (AvgIpc) is 2.58. The first-order valence-corrected chi connectivity index (χ1v) is 8.76. The van der Waals surface area contributed by atoms with Crippen molar-refractivity contribution in [3.8, 4) is 0 Å². The number of rotatable bonds is 10. The maximum absolute atomic E-state index is 6.15. The van der Waals surface area contributed by atoms with E-state index in [1.807, 2.05) is 57.4 Å². The molecule has 0 amide bonds. The van der Waals surface area contributed by atoms with Crippen molar-refractivity contribution < 1.29 is 4.74 Å². The van der Waals surface area contributed by atoms with Crippen LogP contribution in [0.4, 0.5) is 0 Å². The van der Waals surface area contributed by atoms with Gasteiger partial charge in [-0.05, 0) is 38.5 Å². The van der Waals surface area contributed by atoms with Gasteiger partial charge in [0.15, 0.2) is 0 Å². The van der Waals surface area contributed by atoms with Crippen LogP contribution in [-0.2, 0) is 4.74 Å². The van der Waals surface area contributed by atoms with Crippen molar-refractivity contribution in [2.24, 2.45) is 4.99 Å². The van der Waals surface area contributed by atoms with E-state index in [0.717, 1.165) is 30.0 Å². The standard InChI is InChI=1S/C20H31ClN2O/c1-7-11-17(4)15-18(16-21)23(5)20(9-3)22-14-10-13-19(24-6)12-8-2/h7-8,10-14,18H,4,9,15-16H2,1-3,5-6H3/b11-7?,12-8?,14-10+,19-13+,22-20?. The number of alkyl halides is 1. The van der Waals surface area contributed by atoms with Crippen molar-refractivity contribution in [1.82, 2.24) is 4.90 Å². The first-order chi connectivity index (χ1) is 11.5. The highest BCUT2D eigenvalue weighted by molar-refractivity contribution is 6.18. The molecular formula is C20H31ClN2O. The van der Waals surface area contributed by atoms with Gasteiger partial charge in [0.05, 0.1) is 7.11 Å². The highest BCUT2D eigenvalue weighted by Crippen LogP contribution is 2.14. The summed E-state index contributed by atoms with van der Waals surface area (Å²) in [6, 6.07) is 0.176. The molecule has 0 radical (unpaired) electrons. The van der Waals surface area contributed by atoms with Crippen molar-refractivity contribution >= 4 is 17.4 Å². The third-order valence-corrected chi connectivity index (χ3v) is 3.84. The third-order valence-electron chi connectivity index (χ3n) is 3.49. The zero-order valence-corrected chi connectivity index (χ0v) is 16.4. The summed E-state index contributed by atoms with van der Waals surface area (Å²) in [7, 11) is 3.68. The zero-order valence-electron chi connectivity index (χ0n) is 15.6. The van der Waals surface area contributed by atoms with E-state index in [9.17, 15) is 0 Å². The smallest absolute Gasteiger partial charge is 0.118 e. The van der Waals surface area contributed by atoms with E-state index < -0.39 is 0 Å². The number of aliphatic imine (C=N–C) groups is 1. The second-order valence-electron chi connectivity index (χ2n) is 5.29. The molecular weight excluding hydrogens is 320 g/mol. The van der Waals surface area contributed by atoms with Gasteiger partial charge in [0, 0.05) is 31.6 Å². The predicted molar refractivity (Wildman–Crippen MR) is 108 cm³/mol. The predicted octanol–water partition coefficient (Wildman–Crippen LogP) is 5.48. The van der Waals surface area contributed by atoms with Gasteiger partial charge < -0.3 is 9.64 Å². The average molecular weight is 351 g/mol. The molecule has 24 heavy (non-hydrogen) atoms. The molecule has 1 unspecified atom stereocenters. The number of hydrogen-bond acceptors (Lipinski definition) is 2. The van der Waals surface area contributed by atoms with Crippen molar-refractivity contribution in [3.63, 3.8) is 0 Å². The Balaban J connectivity index is 5.04. The molecule has 0 aromatic carbocycles. The lowest BCUT2D eigenvalue weighted by molar-refractivity contribution is 0.307. The van der Waals surface area contributed by atoms with Gasteiger partial charge in [0.25, 0.3) is 0 Å². The molecule has 0 spiro atoms. The molecule has 4 heteroatoms. The Hall–Kier alpha value is -1.74. The van der Waals surface area contributed by atoms with Crippen LogP contribution in [0.25, 0.3) is 0 Å². The molecule has 3 nitrogen and oxygen atoms in total. The summed E-state index contributed by atoms with van der Waals surface area (Å²) in [6.45, 7) is 10.1. The highest BCUT2D eigenvalue weighted by atomic mass is 35.5. The van der Waals surface area contributed by atoms with E-state index in [0.29, 0.717) is 5.88 Å². The number of allylic oxidation sites excluding steroid dienone is 6. The Morgan fingerprint density at radius 1 is 1.29 bits per heavy atom. The SMILES string of the molecule is C=C(C=CC)CC(CCl)N(C)C(CC)=N/C=C/C=C(\C=CC)OC. The topological polar surface area (TPSA) is 24.8 Å². The summed E-state index contributed by atoms with van der Waals surface area (Å²) in [5.41, 5.74) is 1.07. The van der Waals surface area contributed by atoms with Gasteiger partial charge in [-0.15, -0.1) is 11.6 Å². The summed E-state index contributed by atoms with van der Waals surface area (Å²) >= 11 is 6.15. The first-order valence-electron chi connectivity index (χ1n) is 8.23. The summed E-state index contributed by atoms with van der Waals surface area (Å²) in [5.74, 6) is 2.31. The molecule has 134 valence electrons. The molecule has 0 aliphatic carbocycles. The third kappa shape index (κ3) is 8.78. The first kappa shape index (κ1) is 22.3. The van der Waals surface area contributed by atoms with Crippen LogP contribution >= 0.6 is 11.6 Å². The molecule has 0 saturated carbocycles. The summed E-state index contributed by atoms with van der Waals surface area (Å²) in [4.78, 5) is 6.70. The molecule has 0 N–H and O–H groups in total. The van der Waals surface area contributed by atoms with Gasteiger partial charge in [-0.2, -0.15) is 0 Å². The van der Waals surface area contributed by atoms with Crippen LogP contribution in [0.3, 0.4) is 0 Å². The molecule has 0 saturated heterocycles. The van der Waals surface area contributed by atoms with Crippen molar-refractivity contribution in [1.29, 1.82) is 0 Å². The van der Waals surface area contributed by atoms with E-state index in [2.05, 4.69) is 23.4 Å². The largest absolute Gasteiger partial charge is 0.497 e. The van der Waals surface area contributed by atoms with Crippen LogP contribution in [0.2, 0.25) is 0 Å². The fourth-order valence-electron chi connectivity index (χ4n) is 2.17. The maximum atomic E-state index is 6.15. The molecule has 1 atom stereocenters. The fraction of sp³-hybridized carbons (Fsp3) is 0.450. The van der Waals surface area contributed by atoms with Gasteiger partial charge in [-0.1, -0.05) is 37.3 Å². The van der Waals surface area contributed by atoms with Gasteiger partial charge in [0.2, 0.25) is 0 Å². The minimum atomic E-state index is 0.176. The van der Waals surface area contributed by atoms with Gasteiger partial charge in [-0.3, -0.25) is 0 Å². The quantitative estimate of drug-likeness (QED) is 0.171. The minimum absolute atomic E-state index is 0.176. The molecule has 0 fully saturated rings. The van der Waals surface area contributed by atoms with E-state index >= 15 is 0 Å². The van der Waals surface area contributed by atoms with Gasteiger partial charge in [-0.25, -0.2) is 4.99 Å². The Morgan fingerprint density at radius 2 is 1.96 bits per heavy atom. The highest BCUT2D eigenvalue weighted by Gasteiger charge is 2.16. The summed E-state index contributed by atoms with van der Waals surface area (Å²) < 4.78 is 5.22. The second-order valence-corrected chi connectivity index (χ2v) is 5.60. The maximum Gasteiger partial charge on any atom is 0.118 e. The Labute approximate surface area is 152 Å². The number of methoxy groups -OCH3 is 1. The lowest BCUT2D eigenvalue weighted by atomic mass is 10.1. The molecule has 0 aliphatic rings. The Morgan fingerprint density at radius 3 is 2.46 bits per heavy atom. The van der Waals surface area contributed by atoms with Gasteiger partial charge in [0.1, 0.15) is 11.6 Å². The van der Waals surface area contributed by atoms with Crippen LogP contribution in [0.5, 0.6) is 0 Å². The molecule has 0 bridgehead atoms. The summed E-state index contributed by atoms with van der Waals surface area (Å²) in [5, 5.41) is 0. The van der Waals surface area contributed by atoms with Crippen LogP contribution in [0, 0.1) is 0 Å². The van der Waals surface area contributed by atoms with E-state index in [1.54, 1.807) is 13.3 Å². The Bertz CT molecular complexity index is 516. The molecule has 0 aromatic heterocycles. The van der Waals surface area contributed by atoms with Crippen molar-refractivity contribution in [3.05, 3.63) is 60.6 Å². The molecule has 0 aromatic rings. The normalized spacial score (nSPS) is 14.8. The van der Waals surface area contributed by atoms with Crippen LogP contribution in [0.1, 0.15) is 33.6 Å². The zero-order chi connectivity index (χ0) is 18.4. The van der Waals surface area contributed by atoms with E-state index in [4.69, 9.17) is 16.3 Å².